The first-order valence-electron chi connectivity index (χ1n) is 10.8. The molecule has 0 saturated carbocycles. The predicted molar refractivity (Wildman–Crippen MR) is 121 cm³/mol. The Balaban J connectivity index is 1.52. The first-order chi connectivity index (χ1) is 15.0. The largest absolute Gasteiger partial charge is 0.324 e. The van der Waals surface area contributed by atoms with Gasteiger partial charge in [0, 0.05) is 25.2 Å². The number of amides is 1. The van der Waals surface area contributed by atoms with Crippen LogP contribution in [0.5, 0.6) is 0 Å². The van der Waals surface area contributed by atoms with E-state index in [1.165, 1.54) is 0 Å². The van der Waals surface area contributed by atoms with E-state index >= 15 is 0 Å². The molecule has 1 amide bonds. The first kappa shape index (κ1) is 21.5. The highest BCUT2D eigenvalue weighted by Gasteiger charge is 2.25. The number of carbonyl (C=O) groups is 1. The molecule has 31 heavy (non-hydrogen) atoms. The number of fused-ring (bicyclic) bond motifs is 1. The zero-order chi connectivity index (χ0) is 21.8. The lowest BCUT2D eigenvalue weighted by Gasteiger charge is -2.20. The highest BCUT2D eigenvalue weighted by molar-refractivity contribution is 7.89. The van der Waals surface area contributed by atoms with Crippen LogP contribution in [0.2, 0.25) is 0 Å². The second-order valence-corrected chi connectivity index (χ2v) is 9.79. The van der Waals surface area contributed by atoms with Crippen LogP contribution >= 0.6 is 0 Å². The summed E-state index contributed by atoms with van der Waals surface area (Å²) in [6.45, 7) is 3.22. The van der Waals surface area contributed by atoms with Gasteiger partial charge in [-0.2, -0.15) is 4.31 Å². The molecule has 7 nitrogen and oxygen atoms in total. The molecule has 0 spiro atoms. The molecule has 164 valence electrons. The number of anilines is 1. The third-order valence-electron chi connectivity index (χ3n) is 5.67. The van der Waals surface area contributed by atoms with E-state index in [2.05, 4.69) is 10.3 Å². The number of imidazole rings is 1. The number of hydrogen-bond donors (Lipinski definition) is 1. The zero-order valence-corrected chi connectivity index (χ0v) is 18.6. The van der Waals surface area contributed by atoms with Gasteiger partial charge in [0.2, 0.25) is 15.9 Å². The molecule has 2 heterocycles. The van der Waals surface area contributed by atoms with Crippen molar-refractivity contribution in [2.45, 2.75) is 50.5 Å². The van der Waals surface area contributed by atoms with Crippen LogP contribution in [0, 0.1) is 0 Å². The highest BCUT2D eigenvalue weighted by Crippen LogP contribution is 2.23. The SMILES string of the molecule is CCc1nc2ccccc2n1CC(=O)Nc1cccc(S(=O)(=O)N2CCCCCC2)c1. The second-order valence-electron chi connectivity index (χ2n) is 7.85. The summed E-state index contributed by atoms with van der Waals surface area (Å²) in [4.78, 5) is 17.6. The summed E-state index contributed by atoms with van der Waals surface area (Å²) in [5.41, 5.74) is 2.24. The number of nitrogens with zero attached hydrogens (tertiary/aromatic N) is 3. The molecule has 3 aromatic rings. The van der Waals surface area contributed by atoms with Crippen LogP contribution in [-0.4, -0.2) is 41.3 Å². The Morgan fingerprint density at radius 2 is 1.77 bits per heavy atom. The maximum Gasteiger partial charge on any atom is 0.244 e. The van der Waals surface area contributed by atoms with Crippen molar-refractivity contribution in [2.75, 3.05) is 18.4 Å². The van der Waals surface area contributed by atoms with E-state index in [4.69, 9.17) is 0 Å². The number of para-hydroxylation sites is 2. The molecule has 0 aliphatic carbocycles. The monoisotopic (exact) mass is 440 g/mol. The van der Waals surface area contributed by atoms with Crippen LogP contribution in [0.25, 0.3) is 11.0 Å². The third-order valence-corrected chi connectivity index (χ3v) is 7.57. The molecular formula is C23H28N4O3S. The summed E-state index contributed by atoms with van der Waals surface area (Å²) in [5, 5.41) is 2.85. The molecule has 1 fully saturated rings. The first-order valence-corrected chi connectivity index (χ1v) is 12.3. The lowest BCUT2D eigenvalue weighted by molar-refractivity contribution is -0.116. The molecule has 1 N–H and O–H groups in total. The fraction of sp³-hybridized carbons (Fsp3) is 0.391. The average molecular weight is 441 g/mol. The van der Waals surface area contributed by atoms with Crippen molar-refractivity contribution >= 4 is 32.7 Å². The van der Waals surface area contributed by atoms with E-state index in [0.29, 0.717) is 25.2 Å². The number of nitrogens with one attached hydrogen (secondary N) is 1. The molecule has 1 aromatic heterocycles. The van der Waals surface area contributed by atoms with E-state index in [9.17, 15) is 13.2 Å². The van der Waals surface area contributed by atoms with Crippen molar-refractivity contribution in [3.05, 3.63) is 54.4 Å². The van der Waals surface area contributed by atoms with Crippen LogP contribution in [0.3, 0.4) is 0 Å². The molecule has 1 aliphatic rings. The van der Waals surface area contributed by atoms with Gasteiger partial charge in [0.05, 0.1) is 15.9 Å². The van der Waals surface area contributed by atoms with E-state index in [1.807, 2.05) is 35.8 Å². The van der Waals surface area contributed by atoms with E-state index in [1.54, 1.807) is 28.6 Å². The van der Waals surface area contributed by atoms with Crippen molar-refractivity contribution in [1.82, 2.24) is 13.9 Å². The Labute approximate surface area is 183 Å². The predicted octanol–water partition coefficient (Wildman–Crippen LogP) is 3.80. The Bertz CT molecular complexity index is 1180. The lowest BCUT2D eigenvalue weighted by atomic mass is 10.2. The Kier molecular flexibility index (Phi) is 6.38. The summed E-state index contributed by atoms with van der Waals surface area (Å²) in [6, 6.07) is 14.3. The van der Waals surface area contributed by atoms with Gasteiger partial charge in [0.25, 0.3) is 0 Å². The van der Waals surface area contributed by atoms with Crippen LogP contribution in [0.15, 0.2) is 53.4 Å². The smallest absolute Gasteiger partial charge is 0.244 e. The van der Waals surface area contributed by atoms with Gasteiger partial charge in [-0.3, -0.25) is 4.79 Å². The second kappa shape index (κ2) is 9.20. The number of aryl methyl sites for hydroxylation is 1. The minimum atomic E-state index is -3.57. The van der Waals surface area contributed by atoms with E-state index < -0.39 is 10.0 Å². The van der Waals surface area contributed by atoms with Crippen LogP contribution in [0.4, 0.5) is 5.69 Å². The van der Waals surface area contributed by atoms with E-state index in [0.717, 1.165) is 42.5 Å². The number of carbonyl (C=O) groups excluding carboxylic acids is 1. The molecule has 0 bridgehead atoms. The zero-order valence-electron chi connectivity index (χ0n) is 17.8. The van der Waals surface area contributed by atoms with Gasteiger partial charge in [0.1, 0.15) is 12.4 Å². The van der Waals surface area contributed by atoms with Crippen LogP contribution in [0.1, 0.15) is 38.4 Å². The normalized spacial score (nSPS) is 15.6. The van der Waals surface area contributed by atoms with Crippen molar-refractivity contribution in [2.24, 2.45) is 0 Å². The molecule has 0 radical (unpaired) electrons. The maximum absolute atomic E-state index is 13.1. The Morgan fingerprint density at radius 3 is 2.52 bits per heavy atom. The van der Waals surface area contributed by atoms with Gasteiger partial charge >= 0.3 is 0 Å². The molecule has 8 heteroatoms. The van der Waals surface area contributed by atoms with Gasteiger partial charge in [-0.1, -0.05) is 38.0 Å². The molecular weight excluding hydrogens is 412 g/mol. The van der Waals surface area contributed by atoms with Gasteiger partial charge in [-0.15, -0.1) is 0 Å². The molecule has 0 unspecified atom stereocenters. The number of sulfonamides is 1. The Morgan fingerprint density at radius 1 is 1.03 bits per heavy atom. The molecule has 0 atom stereocenters. The summed E-state index contributed by atoms with van der Waals surface area (Å²) >= 11 is 0. The maximum atomic E-state index is 13.1. The van der Waals surface area contributed by atoms with Crippen molar-refractivity contribution in [1.29, 1.82) is 0 Å². The summed E-state index contributed by atoms with van der Waals surface area (Å²) in [5.74, 6) is 0.621. The topological polar surface area (TPSA) is 84.3 Å². The van der Waals surface area contributed by atoms with Gasteiger partial charge in [-0.05, 0) is 43.2 Å². The quantitative estimate of drug-likeness (QED) is 0.632. The van der Waals surface area contributed by atoms with Crippen LogP contribution in [-0.2, 0) is 27.8 Å². The molecule has 4 rings (SSSR count). The van der Waals surface area contributed by atoms with Crippen LogP contribution < -0.4 is 5.32 Å². The number of rotatable bonds is 6. The molecule has 1 saturated heterocycles. The average Bonchev–Trinajstić information content (AvgIpc) is 2.93. The number of benzene rings is 2. The minimum absolute atomic E-state index is 0.118. The summed E-state index contributed by atoms with van der Waals surface area (Å²) < 4.78 is 29.6. The minimum Gasteiger partial charge on any atom is -0.324 e. The fourth-order valence-electron chi connectivity index (χ4n) is 4.08. The number of aromatic nitrogens is 2. The number of hydrogen-bond acceptors (Lipinski definition) is 4. The highest BCUT2D eigenvalue weighted by atomic mass is 32.2. The summed E-state index contributed by atoms with van der Waals surface area (Å²) in [6.07, 6.45) is 4.60. The van der Waals surface area contributed by atoms with Crippen molar-refractivity contribution < 1.29 is 13.2 Å². The van der Waals surface area contributed by atoms with Gasteiger partial charge in [-0.25, -0.2) is 13.4 Å². The van der Waals surface area contributed by atoms with Gasteiger partial charge in [0.15, 0.2) is 0 Å². The lowest BCUT2D eigenvalue weighted by Crippen LogP contribution is -2.32. The van der Waals surface area contributed by atoms with Crippen molar-refractivity contribution in [3.8, 4) is 0 Å². The summed E-state index contributed by atoms with van der Waals surface area (Å²) in [7, 11) is -3.57. The Hall–Kier alpha value is -2.71. The third kappa shape index (κ3) is 4.65. The standard InChI is InChI=1S/C23H28N4O3S/c1-2-22-25-20-12-5-6-13-21(20)27(22)17-23(28)24-18-10-9-11-19(16-18)31(29,30)26-14-7-3-4-8-15-26/h5-6,9-13,16H,2-4,7-8,14-15,17H2,1H3,(H,24,28). The molecule has 2 aromatic carbocycles. The molecule has 1 aliphatic heterocycles. The fourth-order valence-corrected chi connectivity index (χ4v) is 5.64. The van der Waals surface area contributed by atoms with Gasteiger partial charge < -0.3 is 9.88 Å². The van der Waals surface area contributed by atoms with Crippen molar-refractivity contribution in [3.63, 3.8) is 0 Å². The van der Waals surface area contributed by atoms with E-state index in [-0.39, 0.29) is 17.3 Å².